The van der Waals surface area contributed by atoms with E-state index >= 15 is 0 Å². The van der Waals surface area contributed by atoms with E-state index in [2.05, 4.69) is 5.32 Å². The van der Waals surface area contributed by atoms with Crippen LogP contribution in [-0.4, -0.2) is 6.54 Å². The van der Waals surface area contributed by atoms with Gasteiger partial charge in [0.15, 0.2) is 11.6 Å². The number of rotatable bonds is 4. The molecule has 0 aliphatic carbocycles. The van der Waals surface area contributed by atoms with Crippen molar-refractivity contribution in [3.8, 4) is 0 Å². The lowest BCUT2D eigenvalue weighted by atomic mass is 10.0. The third-order valence-electron chi connectivity index (χ3n) is 2.64. The van der Waals surface area contributed by atoms with Crippen molar-refractivity contribution in [3.63, 3.8) is 0 Å². The first kappa shape index (κ1) is 13.1. The minimum atomic E-state index is -1.17. The molecule has 2 aromatic rings. The number of nitrogens with one attached hydrogen (secondary N) is 1. The van der Waals surface area contributed by atoms with Crippen molar-refractivity contribution in [3.05, 3.63) is 57.5 Å². The summed E-state index contributed by atoms with van der Waals surface area (Å²) in [7, 11) is 0. The van der Waals surface area contributed by atoms with Crippen molar-refractivity contribution in [1.29, 1.82) is 0 Å². The number of hydrogen-bond acceptors (Lipinski definition) is 2. The van der Waals surface area contributed by atoms with Gasteiger partial charge in [-0.3, -0.25) is 0 Å². The summed E-state index contributed by atoms with van der Waals surface area (Å²) >= 11 is 1.47. The minimum Gasteiger partial charge on any atom is -0.306 e. The Kier molecular flexibility index (Phi) is 4.04. The van der Waals surface area contributed by atoms with Gasteiger partial charge in [0, 0.05) is 11.6 Å². The van der Waals surface area contributed by atoms with E-state index in [1.165, 1.54) is 11.3 Å². The Bertz CT molecular complexity index is 525. The van der Waals surface area contributed by atoms with Gasteiger partial charge in [0.05, 0.1) is 6.04 Å². The largest absolute Gasteiger partial charge is 0.306 e. The molecule has 0 aliphatic rings. The summed E-state index contributed by atoms with van der Waals surface area (Å²) in [6.45, 7) is 2.47. The van der Waals surface area contributed by atoms with E-state index < -0.39 is 23.5 Å². The molecule has 2 rings (SSSR count). The van der Waals surface area contributed by atoms with Crippen LogP contribution in [0.3, 0.4) is 0 Å². The number of halogens is 3. The van der Waals surface area contributed by atoms with E-state index in [0.717, 1.165) is 11.6 Å². The summed E-state index contributed by atoms with van der Waals surface area (Å²) in [4.78, 5) is 0. The second-order valence-electron chi connectivity index (χ2n) is 3.84. The van der Waals surface area contributed by atoms with Crippen LogP contribution in [0.25, 0.3) is 0 Å². The second-order valence-corrected chi connectivity index (χ2v) is 4.62. The molecule has 1 N–H and O–H groups in total. The molecule has 1 heterocycles. The van der Waals surface area contributed by atoms with Gasteiger partial charge in [0.25, 0.3) is 0 Å². The van der Waals surface area contributed by atoms with Crippen molar-refractivity contribution in [1.82, 2.24) is 5.32 Å². The second kappa shape index (κ2) is 5.54. The van der Waals surface area contributed by atoms with E-state index in [-0.39, 0.29) is 5.56 Å². The molecule has 1 nitrogen and oxygen atoms in total. The van der Waals surface area contributed by atoms with Crippen LogP contribution >= 0.6 is 11.3 Å². The topological polar surface area (TPSA) is 12.0 Å². The van der Waals surface area contributed by atoms with Crippen LogP contribution in [-0.2, 0) is 0 Å². The molecule has 1 aromatic carbocycles. The summed E-state index contributed by atoms with van der Waals surface area (Å²) in [5.41, 5.74) is 0.959. The standard InChI is InChI=1S/C13H12F3NS/c1-2-17-13(8-3-4-18-7-8)9-5-11(15)12(16)6-10(9)14/h3-7,13,17H,2H2,1H3. The quantitative estimate of drug-likeness (QED) is 0.832. The molecule has 0 spiro atoms. The molecule has 96 valence electrons. The highest BCUT2D eigenvalue weighted by Crippen LogP contribution is 2.27. The lowest BCUT2D eigenvalue weighted by Gasteiger charge is -2.18. The minimum absolute atomic E-state index is 0.120. The lowest BCUT2D eigenvalue weighted by Crippen LogP contribution is -2.22. The summed E-state index contributed by atoms with van der Waals surface area (Å²) in [6, 6.07) is 2.87. The Labute approximate surface area is 107 Å². The maximum Gasteiger partial charge on any atom is 0.161 e. The molecule has 18 heavy (non-hydrogen) atoms. The van der Waals surface area contributed by atoms with Crippen LogP contribution in [0.1, 0.15) is 24.1 Å². The highest BCUT2D eigenvalue weighted by molar-refractivity contribution is 7.08. The summed E-state index contributed by atoms with van der Waals surface area (Å²) in [6.07, 6.45) is 0. The molecule has 0 aliphatic heterocycles. The molecule has 0 radical (unpaired) electrons. The number of benzene rings is 1. The Hall–Kier alpha value is -1.33. The zero-order valence-corrected chi connectivity index (χ0v) is 10.5. The van der Waals surface area contributed by atoms with E-state index in [1.54, 1.807) is 0 Å². The highest BCUT2D eigenvalue weighted by Gasteiger charge is 2.20. The fraction of sp³-hybridized carbons (Fsp3) is 0.231. The Morgan fingerprint density at radius 2 is 1.89 bits per heavy atom. The van der Waals surface area contributed by atoms with Crippen molar-refractivity contribution in [2.75, 3.05) is 6.54 Å². The number of thiophene rings is 1. The van der Waals surface area contributed by atoms with Gasteiger partial charge in [-0.15, -0.1) is 0 Å². The SMILES string of the molecule is CCNC(c1ccsc1)c1cc(F)c(F)cc1F. The monoisotopic (exact) mass is 271 g/mol. The van der Waals surface area contributed by atoms with Crippen molar-refractivity contribution >= 4 is 11.3 Å². The molecule has 0 saturated carbocycles. The predicted molar refractivity (Wildman–Crippen MR) is 66.2 cm³/mol. The Morgan fingerprint density at radius 1 is 1.17 bits per heavy atom. The molecule has 0 saturated heterocycles. The average Bonchev–Trinajstić information content (AvgIpc) is 2.85. The predicted octanol–water partition coefficient (Wildman–Crippen LogP) is 3.86. The number of hydrogen-bond donors (Lipinski definition) is 1. The fourth-order valence-electron chi connectivity index (χ4n) is 1.81. The molecule has 0 amide bonds. The van der Waals surface area contributed by atoms with E-state index in [0.29, 0.717) is 12.6 Å². The van der Waals surface area contributed by atoms with Gasteiger partial charge in [-0.05, 0) is 35.0 Å². The van der Waals surface area contributed by atoms with Gasteiger partial charge in [-0.1, -0.05) is 6.92 Å². The van der Waals surface area contributed by atoms with Crippen LogP contribution in [0.2, 0.25) is 0 Å². The third kappa shape index (κ3) is 2.57. The zero-order valence-electron chi connectivity index (χ0n) is 9.71. The maximum absolute atomic E-state index is 13.8. The molecule has 0 bridgehead atoms. The zero-order chi connectivity index (χ0) is 13.1. The first-order valence-corrected chi connectivity index (χ1v) is 6.47. The van der Waals surface area contributed by atoms with Gasteiger partial charge in [-0.2, -0.15) is 11.3 Å². The van der Waals surface area contributed by atoms with Crippen LogP contribution < -0.4 is 5.32 Å². The van der Waals surface area contributed by atoms with E-state index in [4.69, 9.17) is 0 Å². The van der Waals surface area contributed by atoms with Crippen LogP contribution in [0.5, 0.6) is 0 Å². The summed E-state index contributed by atoms with van der Waals surface area (Å²) < 4.78 is 39.9. The smallest absolute Gasteiger partial charge is 0.161 e. The maximum atomic E-state index is 13.8. The normalized spacial score (nSPS) is 12.7. The molecular weight excluding hydrogens is 259 g/mol. The molecule has 1 unspecified atom stereocenters. The van der Waals surface area contributed by atoms with Gasteiger partial charge in [0.1, 0.15) is 5.82 Å². The molecule has 1 atom stereocenters. The first-order valence-electron chi connectivity index (χ1n) is 5.53. The summed E-state index contributed by atoms with van der Waals surface area (Å²) in [5.74, 6) is -2.95. The van der Waals surface area contributed by atoms with Crippen LogP contribution in [0, 0.1) is 17.5 Å². The third-order valence-corrected chi connectivity index (χ3v) is 3.34. The van der Waals surface area contributed by atoms with E-state index in [1.807, 2.05) is 23.8 Å². The Morgan fingerprint density at radius 3 is 2.50 bits per heavy atom. The molecule has 0 fully saturated rings. The molecule has 5 heteroatoms. The van der Waals surface area contributed by atoms with Crippen molar-refractivity contribution in [2.45, 2.75) is 13.0 Å². The highest BCUT2D eigenvalue weighted by atomic mass is 32.1. The van der Waals surface area contributed by atoms with E-state index in [9.17, 15) is 13.2 Å². The van der Waals surface area contributed by atoms with Gasteiger partial charge >= 0.3 is 0 Å². The lowest BCUT2D eigenvalue weighted by molar-refractivity contribution is 0.481. The van der Waals surface area contributed by atoms with Gasteiger partial charge < -0.3 is 5.32 Å². The van der Waals surface area contributed by atoms with Crippen molar-refractivity contribution in [2.24, 2.45) is 0 Å². The first-order chi connectivity index (χ1) is 8.63. The molecular formula is C13H12F3NS. The fourth-order valence-corrected chi connectivity index (χ4v) is 2.50. The summed E-state index contributed by atoms with van der Waals surface area (Å²) in [5, 5.41) is 6.78. The van der Waals surface area contributed by atoms with Gasteiger partial charge in [0.2, 0.25) is 0 Å². The van der Waals surface area contributed by atoms with Gasteiger partial charge in [-0.25, -0.2) is 13.2 Å². The average molecular weight is 271 g/mol. The van der Waals surface area contributed by atoms with Crippen LogP contribution in [0.15, 0.2) is 29.0 Å². The van der Waals surface area contributed by atoms with Crippen molar-refractivity contribution < 1.29 is 13.2 Å². The van der Waals surface area contributed by atoms with Crippen LogP contribution in [0.4, 0.5) is 13.2 Å². The molecule has 1 aromatic heterocycles. The Balaban J connectivity index is 2.46.